The van der Waals surface area contributed by atoms with E-state index in [-0.39, 0.29) is 0 Å². The molecule has 7 nitrogen and oxygen atoms in total. The van der Waals surface area contributed by atoms with Crippen LogP contribution in [0.15, 0.2) is 59.2 Å². The van der Waals surface area contributed by atoms with E-state index in [1.807, 2.05) is 23.6 Å². The normalized spacial score (nSPS) is 15.4. The van der Waals surface area contributed by atoms with Crippen LogP contribution in [0.1, 0.15) is 11.3 Å². The van der Waals surface area contributed by atoms with Gasteiger partial charge < -0.3 is 9.32 Å². The highest BCUT2D eigenvalue weighted by atomic mass is 16.3. The zero-order valence-corrected chi connectivity index (χ0v) is 15.8. The Labute approximate surface area is 163 Å². The van der Waals surface area contributed by atoms with Crippen LogP contribution in [-0.2, 0) is 6.54 Å². The molecule has 4 heterocycles. The van der Waals surface area contributed by atoms with Crippen LogP contribution in [0.5, 0.6) is 0 Å². The molecule has 0 aliphatic carbocycles. The summed E-state index contributed by atoms with van der Waals surface area (Å²) in [6.45, 7) is 6.90. The molecule has 1 aromatic carbocycles. The van der Waals surface area contributed by atoms with E-state index >= 15 is 0 Å². The Bertz CT molecular complexity index is 1070. The van der Waals surface area contributed by atoms with Crippen LogP contribution in [0.4, 0.5) is 5.82 Å². The van der Waals surface area contributed by atoms with Crippen LogP contribution >= 0.6 is 0 Å². The Morgan fingerprint density at radius 1 is 0.964 bits per heavy atom. The highest BCUT2D eigenvalue weighted by Crippen LogP contribution is 2.22. The summed E-state index contributed by atoms with van der Waals surface area (Å²) in [6, 6.07) is 16.4. The van der Waals surface area contributed by atoms with Gasteiger partial charge in [-0.2, -0.15) is 9.50 Å². The second-order valence-electron chi connectivity index (χ2n) is 7.13. The molecule has 0 spiro atoms. The predicted molar refractivity (Wildman–Crippen MR) is 107 cm³/mol. The second kappa shape index (κ2) is 7.09. The van der Waals surface area contributed by atoms with E-state index in [4.69, 9.17) is 4.42 Å². The molecular weight excluding hydrogens is 352 g/mol. The quantitative estimate of drug-likeness (QED) is 0.547. The molecule has 28 heavy (non-hydrogen) atoms. The minimum Gasteiger partial charge on any atom is -0.461 e. The minimum atomic E-state index is 0.562. The van der Waals surface area contributed by atoms with Crippen LogP contribution < -0.4 is 4.90 Å². The maximum Gasteiger partial charge on any atom is 0.254 e. The summed E-state index contributed by atoms with van der Waals surface area (Å²) in [6.07, 6.45) is 1.63. The van der Waals surface area contributed by atoms with Crippen molar-refractivity contribution in [2.45, 2.75) is 13.5 Å². The van der Waals surface area contributed by atoms with Gasteiger partial charge in [0.2, 0.25) is 5.82 Å². The SMILES string of the molecule is Cc1cc(N2CCN(Cc3ccccc3)CC2)n2nc(-c3ccco3)nc2n1. The van der Waals surface area contributed by atoms with Gasteiger partial charge in [-0.25, -0.2) is 4.98 Å². The lowest BCUT2D eigenvalue weighted by molar-refractivity contribution is 0.249. The van der Waals surface area contributed by atoms with Crippen molar-refractivity contribution in [1.82, 2.24) is 24.5 Å². The third kappa shape index (κ3) is 3.25. The van der Waals surface area contributed by atoms with Crippen molar-refractivity contribution in [2.24, 2.45) is 0 Å². The molecule has 0 atom stereocenters. The monoisotopic (exact) mass is 374 g/mol. The summed E-state index contributed by atoms with van der Waals surface area (Å²) in [5, 5.41) is 4.65. The number of nitrogens with zero attached hydrogens (tertiary/aromatic N) is 6. The van der Waals surface area contributed by atoms with Crippen LogP contribution in [0.2, 0.25) is 0 Å². The number of aryl methyl sites for hydroxylation is 1. The molecule has 0 unspecified atom stereocenters. The fourth-order valence-corrected chi connectivity index (χ4v) is 3.68. The largest absolute Gasteiger partial charge is 0.461 e. The number of hydrogen-bond acceptors (Lipinski definition) is 6. The molecule has 1 saturated heterocycles. The first kappa shape index (κ1) is 16.9. The zero-order chi connectivity index (χ0) is 18.9. The Kier molecular flexibility index (Phi) is 4.29. The van der Waals surface area contributed by atoms with E-state index in [0.717, 1.165) is 44.2 Å². The Morgan fingerprint density at radius 3 is 2.54 bits per heavy atom. The summed E-state index contributed by atoms with van der Waals surface area (Å²) in [5.74, 6) is 2.86. The summed E-state index contributed by atoms with van der Waals surface area (Å²) < 4.78 is 7.28. The van der Waals surface area contributed by atoms with Crippen LogP contribution in [-0.4, -0.2) is 50.7 Å². The third-order valence-corrected chi connectivity index (χ3v) is 5.11. The maximum atomic E-state index is 5.45. The molecule has 0 bridgehead atoms. The number of anilines is 1. The molecule has 1 aliphatic rings. The van der Waals surface area contributed by atoms with Gasteiger partial charge in [-0.05, 0) is 24.6 Å². The number of rotatable bonds is 4. The van der Waals surface area contributed by atoms with E-state index < -0.39 is 0 Å². The van der Waals surface area contributed by atoms with Crippen LogP contribution in [0.3, 0.4) is 0 Å². The van der Waals surface area contributed by atoms with Gasteiger partial charge in [0.05, 0.1) is 6.26 Å². The smallest absolute Gasteiger partial charge is 0.254 e. The fourth-order valence-electron chi connectivity index (χ4n) is 3.68. The highest BCUT2D eigenvalue weighted by Gasteiger charge is 2.21. The van der Waals surface area contributed by atoms with E-state index in [1.54, 1.807) is 6.26 Å². The number of hydrogen-bond donors (Lipinski definition) is 0. The van der Waals surface area contributed by atoms with Crippen molar-refractivity contribution in [3.05, 3.63) is 66.1 Å². The van der Waals surface area contributed by atoms with E-state index in [0.29, 0.717) is 17.4 Å². The molecule has 3 aromatic heterocycles. The Hall–Kier alpha value is -3.19. The predicted octanol–water partition coefficient (Wildman–Crippen LogP) is 3.01. The van der Waals surface area contributed by atoms with Crippen molar-refractivity contribution in [3.63, 3.8) is 0 Å². The van der Waals surface area contributed by atoms with Gasteiger partial charge in [0.1, 0.15) is 5.82 Å². The number of piperazine rings is 1. The number of benzene rings is 1. The molecule has 0 radical (unpaired) electrons. The Balaban J connectivity index is 1.37. The van der Waals surface area contributed by atoms with Gasteiger partial charge in [-0.15, -0.1) is 5.10 Å². The lowest BCUT2D eigenvalue weighted by atomic mass is 10.2. The lowest BCUT2D eigenvalue weighted by Crippen LogP contribution is -2.46. The first-order valence-electron chi connectivity index (χ1n) is 9.56. The average Bonchev–Trinajstić information content (AvgIpc) is 3.38. The average molecular weight is 374 g/mol. The van der Waals surface area contributed by atoms with Crippen LogP contribution in [0.25, 0.3) is 17.4 Å². The first-order valence-corrected chi connectivity index (χ1v) is 9.56. The lowest BCUT2D eigenvalue weighted by Gasteiger charge is -2.36. The molecule has 0 saturated carbocycles. The summed E-state index contributed by atoms with van der Waals surface area (Å²) >= 11 is 0. The van der Waals surface area contributed by atoms with Crippen molar-refractivity contribution >= 4 is 11.6 Å². The van der Waals surface area contributed by atoms with Crippen molar-refractivity contribution < 1.29 is 4.42 Å². The van der Waals surface area contributed by atoms with Gasteiger partial charge >= 0.3 is 0 Å². The molecule has 7 heteroatoms. The van der Waals surface area contributed by atoms with Gasteiger partial charge in [-0.3, -0.25) is 4.90 Å². The van der Waals surface area contributed by atoms with Crippen molar-refractivity contribution in [1.29, 1.82) is 0 Å². The molecule has 4 aromatic rings. The molecular formula is C21H22N6O. The van der Waals surface area contributed by atoms with Crippen molar-refractivity contribution in [3.8, 4) is 11.6 Å². The highest BCUT2D eigenvalue weighted by molar-refractivity contribution is 5.54. The molecule has 1 fully saturated rings. The number of furan rings is 1. The molecule has 5 rings (SSSR count). The molecule has 1 aliphatic heterocycles. The summed E-state index contributed by atoms with van der Waals surface area (Å²) in [5.41, 5.74) is 2.30. The van der Waals surface area contributed by atoms with E-state index in [2.05, 4.69) is 61.3 Å². The van der Waals surface area contributed by atoms with Crippen LogP contribution in [0, 0.1) is 6.92 Å². The van der Waals surface area contributed by atoms with Gasteiger partial charge in [0.25, 0.3) is 5.78 Å². The zero-order valence-electron chi connectivity index (χ0n) is 15.8. The molecule has 142 valence electrons. The van der Waals surface area contributed by atoms with Crippen molar-refractivity contribution in [2.75, 3.05) is 31.1 Å². The second-order valence-corrected chi connectivity index (χ2v) is 7.13. The maximum absolute atomic E-state index is 5.45. The fraction of sp³-hybridized carbons (Fsp3) is 0.286. The summed E-state index contributed by atoms with van der Waals surface area (Å²) in [4.78, 5) is 14.0. The Morgan fingerprint density at radius 2 is 1.79 bits per heavy atom. The van der Waals surface area contributed by atoms with E-state index in [1.165, 1.54) is 5.56 Å². The molecule has 0 N–H and O–H groups in total. The number of aromatic nitrogens is 4. The third-order valence-electron chi connectivity index (χ3n) is 5.11. The standard InChI is InChI=1S/C21H22N6O/c1-16-14-19(27-21(22-16)23-20(24-27)18-8-5-13-28-18)26-11-9-25(10-12-26)15-17-6-3-2-4-7-17/h2-8,13-14H,9-12,15H2,1H3. The van der Waals surface area contributed by atoms with Gasteiger partial charge in [-0.1, -0.05) is 30.3 Å². The minimum absolute atomic E-state index is 0.562. The van der Waals surface area contributed by atoms with E-state index in [9.17, 15) is 0 Å². The molecule has 0 amide bonds. The number of fused-ring (bicyclic) bond motifs is 1. The summed E-state index contributed by atoms with van der Waals surface area (Å²) in [7, 11) is 0. The first-order chi connectivity index (χ1) is 13.8. The topological polar surface area (TPSA) is 62.7 Å². The van der Waals surface area contributed by atoms with Gasteiger partial charge in [0.15, 0.2) is 5.76 Å². The van der Waals surface area contributed by atoms with Gasteiger partial charge in [0, 0.05) is 44.5 Å².